The van der Waals surface area contributed by atoms with Crippen molar-refractivity contribution < 1.29 is 4.39 Å². The van der Waals surface area contributed by atoms with Crippen LogP contribution < -0.4 is 5.32 Å². The molecular weight excluding hydrogens is 251 g/mol. The maximum absolute atomic E-state index is 13.9. The maximum atomic E-state index is 13.9. The third-order valence-electron chi connectivity index (χ3n) is 4.63. The largest absolute Gasteiger partial charge is 0.312 e. The Kier molecular flexibility index (Phi) is 5.55. The monoisotopic (exact) mass is 278 g/mol. The molecule has 1 fully saturated rings. The molecular formula is C17H27FN2. The molecule has 1 aliphatic rings. The predicted octanol–water partition coefficient (Wildman–Crippen LogP) is 3.74. The molecule has 0 aliphatic heterocycles. The topological polar surface area (TPSA) is 15.3 Å². The third-order valence-corrected chi connectivity index (χ3v) is 4.63. The van der Waals surface area contributed by atoms with Gasteiger partial charge in [-0.25, -0.2) is 4.39 Å². The third kappa shape index (κ3) is 3.39. The van der Waals surface area contributed by atoms with E-state index in [1.807, 2.05) is 12.1 Å². The molecule has 0 saturated heterocycles. The molecule has 0 aromatic heterocycles. The van der Waals surface area contributed by atoms with Crippen molar-refractivity contribution >= 4 is 0 Å². The van der Waals surface area contributed by atoms with Crippen LogP contribution in [0.1, 0.15) is 51.1 Å². The van der Waals surface area contributed by atoms with E-state index in [1.165, 1.54) is 19.3 Å². The summed E-state index contributed by atoms with van der Waals surface area (Å²) < 4.78 is 13.9. The summed E-state index contributed by atoms with van der Waals surface area (Å²) in [6.45, 7) is 5.37. The second-order valence-electron chi connectivity index (χ2n) is 5.92. The van der Waals surface area contributed by atoms with Crippen molar-refractivity contribution in [1.29, 1.82) is 0 Å². The van der Waals surface area contributed by atoms with Gasteiger partial charge in [0.15, 0.2) is 0 Å². The summed E-state index contributed by atoms with van der Waals surface area (Å²) >= 11 is 0. The molecule has 1 saturated carbocycles. The minimum atomic E-state index is -0.0945. The lowest BCUT2D eigenvalue weighted by Gasteiger charge is -2.35. The van der Waals surface area contributed by atoms with E-state index in [2.05, 4.69) is 31.1 Å². The van der Waals surface area contributed by atoms with Crippen molar-refractivity contribution in [2.24, 2.45) is 0 Å². The van der Waals surface area contributed by atoms with Crippen LogP contribution >= 0.6 is 0 Å². The quantitative estimate of drug-likeness (QED) is 0.853. The molecule has 20 heavy (non-hydrogen) atoms. The number of hydrogen-bond donors (Lipinski definition) is 1. The van der Waals surface area contributed by atoms with Gasteiger partial charge in [0.1, 0.15) is 5.82 Å². The van der Waals surface area contributed by atoms with Gasteiger partial charge in [-0.05, 0) is 45.8 Å². The Morgan fingerprint density at radius 3 is 2.80 bits per heavy atom. The molecule has 2 nitrogen and oxygen atoms in total. The van der Waals surface area contributed by atoms with Crippen molar-refractivity contribution in [3.63, 3.8) is 0 Å². The highest BCUT2D eigenvalue weighted by molar-refractivity contribution is 5.21. The van der Waals surface area contributed by atoms with Gasteiger partial charge in [-0.1, -0.05) is 31.5 Å². The van der Waals surface area contributed by atoms with Crippen LogP contribution in [0.25, 0.3) is 0 Å². The zero-order valence-corrected chi connectivity index (χ0v) is 12.9. The number of benzene rings is 1. The fourth-order valence-electron chi connectivity index (χ4n) is 3.32. The summed E-state index contributed by atoms with van der Waals surface area (Å²) in [7, 11) is 2.13. The first-order chi connectivity index (χ1) is 9.65. The number of nitrogens with one attached hydrogen (secondary N) is 1. The van der Waals surface area contributed by atoms with Gasteiger partial charge in [-0.15, -0.1) is 0 Å². The summed E-state index contributed by atoms with van der Waals surface area (Å²) in [5.41, 5.74) is 0.802. The Morgan fingerprint density at radius 1 is 1.35 bits per heavy atom. The Bertz CT molecular complexity index is 421. The van der Waals surface area contributed by atoms with Gasteiger partial charge >= 0.3 is 0 Å². The smallest absolute Gasteiger partial charge is 0.127 e. The van der Waals surface area contributed by atoms with Gasteiger partial charge in [-0.2, -0.15) is 0 Å². The van der Waals surface area contributed by atoms with Crippen molar-refractivity contribution in [3.8, 4) is 0 Å². The molecule has 112 valence electrons. The molecule has 0 heterocycles. The maximum Gasteiger partial charge on any atom is 0.127 e. The SMILES string of the molecule is CCCNC1CCCC1N(C)C(C)c1ccccc1F. The van der Waals surface area contributed by atoms with E-state index in [-0.39, 0.29) is 11.9 Å². The van der Waals surface area contributed by atoms with E-state index in [0.29, 0.717) is 12.1 Å². The number of halogens is 1. The molecule has 2 rings (SSSR count). The predicted molar refractivity (Wildman–Crippen MR) is 82.3 cm³/mol. The zero-order valence-electron chi connectivity index (χ0n) is 12.9. The first-order valence-electron chi connectivity index (χ1n) is 7.85. The Labute approximate surface area is 122 Å². The van der Waals surface area contributed by atoms with Crippen LogP contribution in [0.5, 0.6) is 0 Å². The number of rotatable bonds is 6. The van der Waals surface area contributed by atoms with Crippen LogP contribution in [0.2, 0.25) is 0 Å². The lowest BCUT2D eigenvalue weighted by Crippen LogP contribution is -2.46. The minimum absolute atomic E-state index is 0.0945. The van der Waals surface area contributed by atoms with Crippen molar-refractivity contribution in [1.82, 2.24) is 10.2 Å². The van der Waals surface area contributed by atoms with E-state index in [1.54, 1.807) is 12.1 Å². The molecule has 0 radical (unpaired) electrons. The molecule has 0 bridgehead atoms. The number of nitrogens with zero attached hydrogens (tertiary/aromatic N) is 1. The van der Waals surface area contributed by atoms with Gasteiger partial charge in [-0.3, -0.25) is 4.90 Å². The second kappa shape index (κ2) is 7.19. The van der Waals surface area contributed by atoms with Gasteiger partial charge in [0.25, 0.3) is 0 Å². The molecule has 0 amide bonds. The summed E-state index contributed by atoms with van der Waals surface area (Å²) in [6.07, 6.45) is 4.87. The van der Waals surface area contributed by atoms with E-state index in [0.717, 1.165) is 18.5 Å². The van der Waals surface area contributed by atoms with E-state index in [4.69, 9.17) is 0 Å². The zero-order chi connectivity index (χ0) is 14.5. The van der Waals surface area contributed by atoms with Crippen LogP contribution in [-0.4, -0.2) is 30.6 Å². The molecule has 0 spiro atoms. The van der Waals surface area contributed by atoms with E-state index >= 15 is 0 Å². The fourth-order valence-corrected chi connectivity index (χ4v) is 3.32. The fraction of sp³-hybridized carbons (Fsp3) is 0.647. The number of hydrogen-bond acceptors (Lipinski definition) is 2. The first kappa shape index (κ1) is 15.5. The first-order valence-corrected chi connectivity index (χ1v) is 7.85. The molecule has 1 aromatic carbocycles. The molecule has 3 atom stereocenters. The molecule has 1 aromatic rings. The highest BCUT2D eigenvalue weighted by Gasteiger charge is 2.32. The Morgan fingerprint density at radius 2 is 2.10 bits per heavy atom. The van der Waals surface area contributed by atoms with Crippen molar-refractivity contribution in [3.05, 3.63) is 35.6 Å². The van der Waals surface area contributed by atoms with Gasteiger partial charge in [0.05, 0.1) is 0 Å². The average Bonchev–Trinajstić information content (AvgIpc) is 2.92. The number of likely N-dealkylation sites (N-methyl/N-ethyl adjacent to an activating group) is 1. The van der Waals surface area contributed by atoms with Gasteiger partial charge in [0.2, 0.25) is 0 Å². The Hall–Kier alpha value is -0.930. The standard InChI is InChI=1S/C17H27FN2/c1-4-12-19-16-10-7-11-17(16)20(3)13(2)14-8-5-6-9-15(14)18/h5-6,8-9,13,16-17,19H,4,7,10-12H2,1-3H3. The summed E-state index contributed by atoms with van der Waals surface area (Å²) in [4.78, 5) is 2.35. The lowest BCUT2D eigenvalue weighted by molar-refractivity contribution is 0.159. The second-order valence-corrected chi connectivity index (χ2v) is 5.92. The summed E-state index contributed by atoms with van der Waals surface area (Å²) in [5.74, 6) is -0.0945. The van der Waals surface area contributed by atoms with Crippen LogP contribution in [-0.2, 0) is 0 Å². The van der Waals surface area contributed by atoms with Crippen LogP contribution in [0.3, 0.4) is 0 Å². The van der Waals surface area contributed by atoms with Crippen molar-refractivity contribution in [2.75, 3.05) is 13.6 Å². The Balaban J connectivity index is 2.06. The van der Waals surface area contributed by atoms with Crippen LogP contribution in [0.15, 0.2) is 24.3 Å². The van der Waals surface area contributed by atoms with E-state index in [9.17, 15) is 4.39 Å². The summed E-state index contributed by atoms with van der Waals surface area (Å²) in [5, 5.41) is 3.65. The molecule has 3 heteroatoms. The van der Waals surface area contributed by atoms with E-state index < -0.39 is 0 Å². The van der Waals surface area contributed by atoms with Crippen LogP contribution in [0, 0.1) is 5.82 Å². The summed E-state index contributed by atoms with van der Waals surface area (Å²) in [6, 6.07) is 8.31. The minimum Gasteiger partial charge on any atom is -0.312 e. The lowest BCUT2D eigenvalue weighted by atomic mass is 10.0. The van der Waals surface area contributed by atoms with Gasteiger partial charge < -0.3 is 5.32 Å². The average molecular weight is 278 g/mol. The normalized spacial score (nSPS) is 24.2. The highest BCUT2D eigenvalue weighted by Crippen LogP contribution is 2.30. The molecule has 3 unspecified atom stereocenters. The van der Waals surface area contributed by atoms with Gasteiger partial charge in [0, 0.05) is 23.7 Å². The van der Waals surface area contributed by atoms with Crippen molar-refractivity contribution in [2.45, 2.75) is 57.7 Å². The highest BCUT2D eigenvalue weighted by atomic mass is 19.1. The molecule has 1 aliphatic carbocycles. The molecule has 1 N–H and O–H groups in total. The van der Waals surface area contributed by atoms with Crippen LogP contribution in [0.4, 0.5) is 4.39 Å².